The Bertz CT molecular complexity index is 1250. The maximum absolute atomic E-state index is 12.2. The maximum Gasteiger partial charge on any atom is 0.410 e. The van der Waals surface area contributed by atoms with E-state index in [0.29, 0.717) is 54.0 Å². The Hall–Kier alpha value is -2.73. The molecule has 34 heavy (non-hydrogen) atoms. The zero-order chi connectivity index (χ0) is 24.0. The van der Waals surface area contributed by atoms with Crippen LogP contribution in [0.2, 0.25) is 0 Å². The highest BCUT2D eigenvalue weighted by atomic mass is 79.9. The van der Waals surface area contributed by atoms with Gasteiger partial charge in [-0.25, -0.2) is 19.7 Å². The number of imidazole rings is 1. The normalized spacial score (nSPS) is 15.6. The van der Waals surface area contributed by atoms with E-state index in [9.17, 15) is 4.79 Å². The van der Waals surface area contributed by atoms with E-state index < -0.39 is 5.60 Å². The van der Waals surface area contributed by atoms with Gasteiger partial charge in [0.15, 0.2) is 33.6 Å². The van der Waals surface area contributed by atoms with Crippen molar-refractivity contribution in [2.24, 2.45) is 5.92 Å². The fraction of sp³-hybridized carbons (Fsp3) is 0.455. The van der Waals surface area contributed by atoms with E-state index in [1.807, 2.05) is 32.9 Å². The first-order valence-corrected chi connectivity index (χ1v) is 12.5. The molecule has 1 amide bonds. The summed E-state index contributed by atoms with van der Waals surface area (Å²) < 4.78 is 19.4. The largest absolute Gasteiger partial charge is 0.454 e. The SMILES string of the molecule is CC(C)(C)OC(=O)N1CC(CCn2c(Sc3cc4c(cc3Br)OCO4)nc3c(N)ncnc32)C1. The molecule has 2 aliphatic heterocycles. The molecule has 0 unspecified atom stereocenters. The molecule has 2 N–H and O–H groups in total. The van der Waals surface area contributed by atoms with Crippen LogP contribution in [0.3, 0.4) is 0 Å². The highest BCUT2D eigenvalue weighted by molar-refractivity contribution is 9.10. The van der Waals surface area contributed by atoms with Crippen LogP contribution in [0.4, 0.5) is 10.6 Å². The molecule has 1 fully saturated rings. The van der Waals surface area contributed by atoms with Crippen LogP contribution < -0.4 is 15.2 Å². The summed E-state index contributed by atoms with van der Waals surface area (Å²) in [5.41, 5.74) is 6.86. The van der Waals surface area contributed by atoms with Gasteiger partial charge in [-0.1, -0.05) is 11.8 Å². The van der Waals surface area contributed by atoms with E-state index in [0.717, 1.165) is 20.9 Å². The van der Waals surface area contributed by atoms with Gasteiger partial charge in [-0.05, 0) is 61.2 Å². The van der Waals surface area contributed by atoms with E-state index in [1.54, 1.807) is 4.90 Å². The van der Waals surface area contributed by atoms with Crippen molar-refractivity contribution in [2.75, 3.05) is 25.6 Å². The minimum absolute atomic E-state index is 0.211. The Kier molecular flexibility index (Phi) is 5.96. The number of hydrogen-bond donors (Lipinski definition) is 1. The van der Waals surface area contributed by atoms with Crippen LogP contribution in [0.1, 0.15) is 27.2 Å². The summed E-state index contributed by atoms with van der Waals surface area (Å²) in [5.74, 6) is 2.12. The summed E-state index contributed by atoms with van der Waals surface area (Å²) in [7, 11) is 0. The molecule has 0 saturated carbocycles. The first kappa shape index (κ1) is 23.0. The number of benzene rings is 1. The highest BCUT2D eigenvalue weighted by Gasteiger charge is 2.33. The summed E-state index contributed by atoms with van der Waals surface area (Å²) in [4.78, 5) is 28.2. The second kappa shape index (κ2) is 8.81. The second-order valence-corrected chi connectivity index (χ2v) is 11.1. The van der Waals surface area contributed by atoms with Gasteiger partial charge in [0.2, 0.25) is 6.79 Å². The van der Waals surface area contributed by atoms with E-state index >= 15 is 0 Å². The third-order valence-electron chi connectivity index (χ3n) is 5.52. The minimum atomic E-state index is -0.493. The molecule has 0 radical (unpaired) electrons. The smallest absolute Gasteiger partial charge is 0.410 e. The first-order valence-electron chi connectivity index (χ1n) is 10.9. The molecule has 1 saturated heterocycles. The Morgan fingerprint density at radius 3 is 2.74 bits per heavy atom. The van der Waals surface area contributed by atoms with Crippen molar-refractivity contribution in [1.82, 2.24) is 24.4 Å². The van der Waals surface area contributed by atoms with Crippen LogP contribution in [0.5, 0.6) is 11.5 Å². The topological polar surface area (TPSA) is 118 Å². The monoisotopic (exact) mass is 548 g/mol. The van der Waals surface area contributed by atoms with Crippen LogP contribution in [0.15, 0.2) is 33.0 Å². The van der Waals surface area contributed by atoms with E-state index in [-0.39, 0.29) is 12.9 Å². The standard InChI is InChI=1S/C22H25BrN6O4S/c1-22(2,3)33-21(30)28-8-12(9-28)4-5-29-19-17(18(24)25-10-26-19)27-20(29)34-16-7-15-14(6-13(16)23)31-11-32-15/h6-7,10,12H,4-5,8-9,11H2,1-3H3,(H2,24,25,26). The molecule has 0 atom stereocenters. The number of hydrogen-bond acceptors (Lipinski definition) is 9. The number of halogens is 1. The first-order chi connectivity index (χ1) is 16.2. The van der Waals surface area contributed by atoms with Gasteiger partial charge >= 0.3 is 6.09 Å². The summed E-state index contributed by atoms with van der Waals surface area (Å²) in [6.45, 7) is 7.86. The van der Waals surface area contributed by atoms with Gasteiger partial charge in [0.25, 0.3) is 0 Å². The van der Waals surface area contributed by atoms with E-state index in [4.69, 9.17) is 24.9 Å². The third-order valence-corrected chi connectivity index (χ3v) is 7.49. The molecule has 4 heterocycles. The number of aryl methyl sites for hydroxylation is 1. The Labute approximate surface area is 209 Å². The molecule has 5 rings (SSSR count). The summed E-state index contributed by atoms with van der Waals surface area (Å²) in [5, 5.41) is 0.755. The van der Waals surface area contributed by atoms with Crippen molar-refractivity contribution in [3.8, 4) is 11.5 Å². The number of nitrogen functional groups attached to an aromatic ring is 1. The van der Waals surface area contributed by atoms with Crippen molar-refractivity contribution >= 4 is 50.8 Å². The number of carbonyl (C=O) groups excluding carboxylic acids is 1. The molecule has 0 spiro atoms. The molecular formula is C22H25BrN6O4S. The van der Waals surface area contributed by atoms with E-state index in [1.165, 1.54) is 18.1 Å². The predicted molar refractivity (Wildman–Crippen MR) is 130 cm³/mol. The Balaban J connectivity index is 1.33. The van der Waals surface area contributed by atoms with Crippen LogP contribution in [-0.4, -0.2) is 56.0 Å². The fourth-order valence-corrected chi connectivity index (χ4v) is 5.34. The molecule has 2 aromatic heterocycles. The van der Waals surface area contributed by atoms with Gasteiger partial charge in [-0.15, -0.1) is 0 Å². The fourth-order valence-electron chi connectivity index (χ4n) is 3.83. The minimum Gasteiger partial charge on any atom is -0.454 e. The molecule has 2 aliphatic rings. The molecule has 1 aromatic carbocycles. The molecule has 12 heteroatoms. The van der Waals surface area contributed by atoms with E-state index in [2.05, 4.69) is 30.5 Å². The number of amides is 1. The zero-order valence-corrected chi connectivity index (χ0v) is 21.5. The lowest BCUT2D eigenvalue weighted by molar-refractivity contribution is -0.00269. The number of anilines is 1. The van der Waals surface area contributed by atoms with Crippen LogP contribution in [0.25, 0.3) is 11.2 Å². The lowest BCUT2D eigenvalue weighted by atomic mass is 9.97. The Morgan fingerprint density at radius 1 is 1.26 bits per heavy atom. The number of nitrogens with two attached hydrogens (primary N) is 1. The average molecular weight is 549 g/mol. The molecular weight excluding hydrogens is 524 g/mol. The molecule has 180 valence electrons. The van der Waals surface area contributed by atoms with Gasteiger partial charge in [0.1, 0.15) is 11.9 Å². The van der Waals surface area contributed by atoms with Crippen LogP contribution in [-0.2, 0) is 11.3 Å². The molecule has 0 aliphatic carbocycles. The average Bonchev–Trinajstić information content (AvgIpc) is 3.31. The Morgan fingerprint density at radius 2 is 2.00 bits per heavy atom. The number of carbonyl (C=O) groups is 1. The van der Waals surface area contributed by atoms with Gasteiger partial charge in [-0.2, -0.15) is 0 Å². The number of aromatic nitrogens is 4. The van der Waals surface area contributed by atoms with Crippen molar-refractivity contribution in [3.63, 3.8) is 0 Å². The summed E-state index contributed by atoms with van der Waals surface area (Å²) in [6, 6.07) is 3.83. The van der Waals surface area contributed by atoms with Crippen molar-refractivity contribution in [2.45, 2.75) is 49.4 Å². The van der Waals surface area contributed by atoms with Gasteiger partial charge < -0.3 is 29.4 Å². The van der Waals surface area contributed by atoms with Crippen LogP contribution in [0, 0.1) is 5.92 Å². The van der Waals surface area contributed by atoms with Gasteiger partial charge in [0, 0.05) is 29.0 Å². The predicted octanol–water partition coefficient (Wildman–Crippen LogP) is 4.31. The number of rotatable bonds is 5. The summed E-state index contributed by atoms with van der Waals surface area (Å²) in [6.07, 6.45) is 2.06. The van der Waals surface area contributed by atoms with Crippen molar-refractivity contribution < 1.29 is 19.0 Å². The van der Waals surface area contributed by atoms with Crippen LogP contribution >= 0.6 is 27.7 Å². The third kappa shape index (κ3) is 4.61. The quantitative estimate of drug-likeness (QED) is 0.497. The molecule has 10 nitrogen and oxygen atoms in total. The lowest BCUT2D eigenvalue weighted by Gasteiger charge is -2.40. The van der Waals surface area contributed by atoms with Crippen molar-refractivity contribution in [3.05, 3.63) is 22.9 Å². The number of ether oxygens (including phenoxy) is 3. The zero-order valence-electron chi connectivity index (χ0n) is 19.1. The number of nitrogens with zero attached hydrogens (tertiary/aromatic N) is 5. The summed E-state index contributed by atoms with van der Waals surface area (Å²) >= 11 is 5.11. The van der Waals surface area contributed by atoms with Gasteiger partial charge in [0.05, 0.1) is 0 Å². The molecule has 3 aromatic rings. The second-order valence-electron chi connectivity index (χ2n) is 9.26. The maximum atomic E-state index is 12.2. The number of fused-ring (bicyclic) bond motifs is 2. The number of likely N-dealkylation sites (tertiary alicyclic amines) is 1. The van der Waals surface area contributed by atoms with Crippen molar-refractivity contribution in [1.29, 1.82) is 0 Å². The lowest BCUT2D eigenvalue weighted by Crippen LogP contribution is -2.51. The van der Waals surface area contributed by atoms with Gasteiger partial charge in [-0.3, -0.25) is 0 Å². The molecule has 0 bridgehead atoms. The highest BCUT2D eigenvalue weighted by Crippen LogP contribution is 2.43.